The fraction of sp³-hybridized carbons (Fsp3) is 0.0455. The van der Waals surface area contributed by atoms with E-state index in [0.29, 0.717) is 5.69 Å². The van der Waals surface area contributed by atoms with Gasteiger partial charge in [-0.15, -0.1) is 5.11 Å². The lowest BCUT2D eigenvalue weighted by atomic mass is 10.3. The molecule has 0 aliphatic heterocycles. The Labute approximate surface area is 221 Å². The second kappa shape index (κ2) is 10.1. The number of nitrogens with one attached hydrogen (secondary N) is 2. The Bertz CT molecular complexity index is 1800. The van der Waals surface area contributed by atoms with Gasteiger partial charge in [-0.3, -0.25) is 19.2 Å². The maximum absolute atomic E-state index is 13.0. The van der Waals surface area contributed by atoms with Gasteiger partial charge in [0.05, 0.1) is 32.0 Å². The third kappa shape index (κ3) is 5.76. The van der Waals surface area contributed by atoms with Gasteiger partial charge in [-0.2, -0.15) is 13.5 Å². The van der Waals surface area contributed by atoms with E-state index >= 15 is 0 Å². The van der Waals surface area contributed by atoms with Crippen LogP contribution >= 0.6 is 23.2 Å². The molecule has 37 heavy (non-hydrogen) atoms. The van der Waals surface area contributed by atoms with Gasteiger partial charge in [0.25, 0.3) is 25.7 Å². The summed E-state index contributed by atoms with van der Waals surface area (Å²) in [7, 11) is -8.54. The van der Waals surface area contributed by atoms with E-state index < -0.39 is 30.6 Å². The summed E-state index contributed by atoms with van der Waals surface area (Å²) in [6, 6.07) is 16.0. The first-order valence-corrected chi connectivity index (χ1v) is 13.9. The van der Waals surface area contributed by atoms with Gasteiger partial charge in [0.2, 0.25) is 0 Å². The maximum atomic E-state index is 13.0. The number of halogens is 2. The number of benzene rings is 3. The molecule has 4 rings (SSSR count). The lowest BCUT2D eigenvalue weighted by Crippen LogP contribution is -2.15. The summed E-state index contributed by atoms with van der Waals surface area (Å²) in [4.78, 5) is 12.3. The molecule has 3 N–H and O–H groups in total. The molecule has 15 heteroatoms. The molecule has 0 spiro atoms. The van der Waals surface area contributed by atoms with Crippen LogP contribution in [0.15, 0.2) is 91.5 Å². The van der Waals surface area contributed by atoms with Crippen molar-refractivity contribution >= 4 is 60.4 Å². The van der Waals surface area contributed by atoms with Gasteiger partial charge in [-0.1, -0.05) is 47.5 Å². The van der Waals surface area contributed by atoms with E-state index in [1.54, 1.807) is 37.3 Å². The third-order valence-corrected chi connectivity index (χ3v) is 7.98. The van der Waals surface area contributed by atoms with Crippen LogP contribution in [0.5, 0.6) is 0 Å². The van der Waals surface area contributed by atoms with Crippen LogP contribution in [0.3, 0.4) is 0 Å². The fourth-order valence-electron chi connectivity index (χ4n) is 3.25. The summed E-state index contributed by atoms with van der Waals surface area (Å²) in [6.07, 6.45) is 0. The van der Waals surface area contributed by atoms with E-state index in [-0.39, 0.29) is 37.7 Å². The van der Waals surface area contributed by atoms with Gasteiger partial charge < -0.3 is 0 Å². The van der Waals surface area contributed by atoms with Crippen molar-refractivity contribution in [3.8, 4) is 5.69 Å². The molecular formula is C22H17Cl2N5O6S2. The quantitative estimate of drug-likeness (QED) is 0.199. The van der Waals surface area contributed by atoms with Gasteiger partial charge in [-0.05, 0) is 49.4 Å². The number of hydrogen-bond acceptors (Lipinski definition) is 7. The Morgan fingerprint density at radius 2 is 1.62 bits per heavy atom. The summed E-state index contributed by atoms with van der Waals surface area (Å²) in [5, 5.41) is 10.2. The smallest absolute Gasteiger partial charge is 0.293 e. The molecule has 0 saturated heterocycles. The van der Waals surface area contributed by atoms with Crippen LogP contribution in [0.1, 0.15) is 5.69 Å². The molecule has 0 unspecified atom stereocenters. The molecule has 0 atom stereocenters. The Balaban J connectivity index is 1.66. The van der Waals surface area contributed by atoms with Crippen molar-refractivity contribution in [1.29, 1.82) is 0 Å². The summed E-state index contributed by atoms with van der Waals surface area (Å²) in [5.41, 5.74) is 0.0561. The van der Waals surface area contributed by atoms with Crippen molar-refractivity contribution in [2.24, 2.45) is 10.2 Å². The van der Waals surface area contributed by atoms with E-state index in [4.69, 9.17) is 23.2 Å². The van der Waals surface area contributed by atoms with E-state index in [9.17, 15) is 26.2 Å². The molecular weight excluding hydrogens is 565 g/mol. The van der Waals surface area contributed by atoms with E-state index in [0.717, 1.165) is 16.8 Å². The minimum Gasteiger partial charge on any atom is -0.293 e. The highest BCUT2D eigenvalue weighted by Gasteiger charge is 2.21. The van der Waals surface area contributed by atoms with Crippen molar-refractivity contribution in [2.45, 2.75) is 16.7 Å². The van der Waals surface area contributed by atoms with Crippen molar-refractivity contribution in [2.75, 3.05) is 4.72 Å². The van der Waals surface area contributed by atoms with E-state index in [1.165, 1.54) is 24.3 Å². The van der Waals surface area contributed by atoms with E-state index in [1.807, 2.05) is 0 Å². The lowest BCUT2D eigenvalue weighted by Gasteiger charge is -2.08. The number of aryl methyl sites for hydroxylation is 1. The zero-order chi connectivity index (χ0) is 27.0. The van der Waals surface area contributed by atoms with Crippen LogP contribution in [0.4, 0.5) is 17.1 Å². The summed E-state index contributed by atoms with van der Waals surface area (Å²) in [6.45, 7) is 1.54. The maximum Gasteiger partial charge on any atom is 0.299 e. The Hall–Kier alpha value is -3.49. The van der Waals surface area contributed by atoms with Crippen LogP contribution < -0.4 is 10.3 Å². The first kappa shape index (κ1) is 26.6. The fourth-order valence-corrected chi connectivity index (χ4v) is 5.69. The van der Waals surface area contributed by atoms with Crippen LogP contribution in [-0.2, 0) is 20.1 Å². The minimum absolute atomic E-state index is 0.00805. The molecule has 192 valence electrons. The molecule has 0 radical (unpaired) electrons. The number of anilines is 1. The molecule has 1 aromatic heterocycles. The molecule has 0 amide bonds. The molecule has 0 fully saturated rings. The second-order valence-corrected chi connectivity index (χ2v) is 11.5. The predicted octanol–water partition coefficient (Wildman–Crippen LogP) is 5.24. The standard InChI is InChI=1S/C22H17Cl2N5O6S2/c1-13-21(22(30)29(27-13)19-11-18(24)20(12-17(19)23)37(33,34)35)26-25-15-8-5-9-16(10-15)36(31,32)28-14-6-3-2-4-7-14/h2-12,27-28H,1H3,(H,33,34,35). The third-order valence-electron chi connectivity index (χ3n) is 4.98. The number of rotatable bonds is 7. The zero-order valence-corrected chi connectivity index (χ0v) is 21.9. The van der Waals surface area contributed by atoms with E-state index in [2.05, 4.69) is 20.0 Å². The van der Waals surface area contributed by atoms with Crippen LogP contribution in [0.2, 0.25) is 10.0 Å². The number of hydrogen-bond donors (Lipinski definition) is 3. The highest BCUT2D eigenvalue weighted by Crippen LogP contribution is 2.31. The summed E-state index contributed by atoms with van der Waals surface area (Å²) in [5.74, 6) is 0. The van der Waals surface area contributed by atoms with Gasteiger partial charge in [0, 0.05) is 5.69 Å². The molecule has 0 saturated carbocycles. The topological polar surface area (TPSA) is 163 Å². The molecule has 0 bridgehead atoms. The number of H-pyrrole nitrogens is 1. The molecule has 0 aliphatic rings. The monoisotopic (exact) mass is 581 g/mol. The van der Waals surface area contributed by atoms with Crippen LogP contribution in [0, 0.1) is 6.92 Å². The number of sulfonamides is 1. The van der Waals surface area contributed by atoms with Gasteiger partial charge >= 0.3 is 0 Å². The van der Waals surface area contributed by atoms with Crippen molar-refractivity contribution in [3.05, 3.63) is 92.8 Å². The number of nitrogens with zero attached hydrogens (tertiary/aromatic N) is 3. The first-order chi connectivity index (χ1) is 17.4. The van der Waals surface area contributed by atoms with Crippen molar-refractivity contribution < 1.29 is 21.4 Å². The first-order valence-electron chi connectivity index (χ1n) is 10.2. The SMILES string of the molecule is Cc1[nH]n(-c2cc(Cl)c(S(=O)(=O)O)cc2Cl)c(=O)c1N=Nc1cccc(S(=O)(=O)Nc2ccccc2)c1. The Morgan fingerprint density at radius 1 is 0.919 bits per heavy atom. The second-order valence-electron chi connectivity index (χ2n) is 7.60. The lowest BCUT2D eigenvalue weighted by molar-refractivity contribution is 0.483. The van der Waals surface area contributed by atoms with Crippen molar-refractivity contribution in [3.63, 3.8) is 0 Å². The molecule has 11 nitrogen and oxygen atoms in total. The average molecular weight is 582 g/mol. The van der Waals surface area contributed by atoms with Gasteiger partial charge in [-0.25, -0.2) is 13.1 Å². The molecule has 0 aliphatic carbocycles. The number of aromatic nitrogens is 2. The normalized spacial score (nSPS) is 12.2. The Kier molecular flexibility index (Phi) is 7.26. The van der Waals surface area contributed by atoms with Gasteiger partial charge in [0.1, 0.15) is 4.90 Å². The average Bonchev–Trinajstić information content (AvgIpc) is 3.11. The van der Waals surface area contributed by atoms with Crippen LogP contribution in [0.25, 0.3) is 5.69 Å². The molecule has 3 aromatic carbocycles. The summed E-state index contributed by atoms with van der Waals surface area (Å²) >= 11 is 12.1. The number of azo groups is 1. The number of para-hydroxylation sites is 1. The number of aromatic amines is 1. The zero-order valence-electron chi connectivity index (χ0n) is 18.8. The largest absolute Gasteiger partial charge is 0.299 e. The highest BCUT2D eigenvalue weighted by molar-refractivity contribution is 7.92. The highest BCUT2D eigenvalue weighted by atomic mass is 35.5. The van der Waals surface area contributed by atoms with Crippen molar-refractivity contribution in [1.82, 2.24) is 9.78 Å². The molecule has 1 heterocycles. The summed E-state index contributed by atoms with van der Waals surface area (Å²) < 4.78 is 61.0. The molecule has 4 aromatic rings. The van der Waals surface area contributed by atoms with Gasteiger partial charge in [0.15, 0.2) is 5.69 Å². The predicted molar refractivity (Wildman–Crippen MR) is 139 cm³/mol. The van der Waals surface area contributed by atoms with Crippen LogP contribution in [-0.4, -0.2) is 31.2 Å². The Morgan fingerprint density at radius 3 is 2.30 bits per heavy atom. The minimum atomic E-state index is -4.63.